The predicted molar refractivity (Wildman–Crippen MR) is 135 cm³/mol. The number of hydrogen-bond acceptors (Lipinski definition) is 5. The van der Waals surface area contributed by atoms with Gasteiger partial charge in [-0.3, -0.25) is 19.1 Å². The number of nitrogens with zero attached hydrogens (tertiary/aromatic N) is 4. The van der Waals surface area contributed by atoms with Gasteiger partial charge in [0.15, 0.2) is 5.69 Å². The lowest BCUT2D eigenvalue weighted by Crippen LogP contribution is -2.51. The van der Waals surface area contributed by atoms with Crippen molar-refractivity contribution in [3.8, 4) is 0 Å². The molecule has 2 aromatic carbocycles. The fraction of sp³-hybridized carbons (Fsp3) is 0.217. The predicted octanol–water partition coefficient (Wildman–Crippen LogP) is 3.30. The van der Waals surface area contributed by atoms with E-state index in [1.54, 1.807) is 38.4 Å². The van der Waals surface area contributed by atoms with E-state index in [0.29, 0.717) is 9.50 Å². The molecule has 11 heteroatoms. The van der Waals surface area contributed by atoms with Gasteiger partial charge in [0.25, 0.3) is 17.7 Å². The first-order valence-electron chi connectivity index (χ1n) is 10.4. The second kappa shape index (κ2) is 9.47. The number of rotatable bonds is 4. The largest absolute Gasteiger partial charge is 0.370 e. The molecule has 0 unspecified atom stereocenters. The highest BCUT2D eigenvalue weighted by Gasteiger charge is 2.33. The van der Waals surface area contributed by atoms with Gasteiger partial charge >= 0.3 is 0 Å². The molecule has 0 fully saturated rings. The summed E-state index contributed by atoms with van der Waals surface area (Å²) >= 11 is 9.48. The molecular weight excluding hydrogens is 524 g/mol. The van der Waals surface area contributed by atoms with Crippen molar-refractivity contribution in [3.05, 3.63) is 69.3 Å². The van der Waals surface area contributed by atoms with E-state index in [9.17, 15) is 14.4 Å². The standard InChI is InChI=1S/C23H22BrClN6O3/c1-29-12-15(23(34)30(2)17-11-7-6-10-16(17)29)26-22(33)19-18(24)20(31(3)28-19)27-21(32)13-8-4-5-9-14(13)25/h4-11,15H,12H2,1-3H3,(H,26,33)(H,27,32)/t15-/m1/s1. The summed E-state index contributed by atoms with van der Waals surface area (Å²) < 4.78 is 1.66. The Balaban J connectivity index is 1.55. The zero-order valence-corrected chi connectivity index (χ0v) is 21.0. The van der Waals surface area contributed by atoms with Crippen LogP contribution in [0.5, 0.6) is 0 Å². The summed E-state index contributed by atoms with van der Waals surface area (Å²) in [6, 6.07) is 13.4. The minimum absolute atomic E-state index is 0.0387. The molecule has 1 aliphatic heterocycles. The molecule has 1 atom stereocenters. The first-order valence-corrected chi connectivity index (χ1v) is 11.5. The van der Waals surface area contributed by atoms with Crippen LogP contribution in [0.25, 0.3) is 0 Å². The van der Waals surface area contributed by atoms with E-state index in [4.69, 9.17) is 11.6 Å². The average Bonchev–Trinajstić information content (AvgIpc) is 3.06. The van der Waals surface area contributed by atoms with Crippen molar-refractivity contribution in [2.45, 2.75) is 6.04 Å². The highest BCUT2D eigenvalue weighted by molar-refractivity contribution is 9.10. The van der Waals surface area contributed by atoms with Crippen LogP contribution in [0.3, 0.4) is 0 Å². The fourth-order valence-corrected chi connectivity index (χ4v) is 4.64. The maximum absolute atomic E-state index is 13.1. The molecule has 4 rings (SSSR count). The molecule has 0 aliphatic carbocycles. The van der Waals surface area contributed by atoms with Crippen LogP contribution in [0.15, 0.2) is 53.0 Å². The normalized spacial score (nSPS) is 15.6. The summed E-state index contributed by atoms with van der Waals surface area (Å²) in [7, 11) is 5.14. The van der Waals surface area contributed by atoms with Crippen LogP contribution in [0.2, 0.25) is 5.02 Å². The Labute approximate surface area is 209 Å². The lowest BCUT2D eigenvalue weighted by Gasteiger charge is -2.22. The number of anilines is 3. The van der Waals surface area contributed by atoms with E-state index in [1.165, 1.54) is 9.58 Å². The summed E-state index contributed by atoms with van der Waals surface area (Å²) in [5.74, 6) is -0.957. The molecule has 0 spiro atoms. The van der Waals surface area contributed by atoms with Gasteiger partial charge in [-0.05, 0) is 40.2 Å². The number of fused-ring (bicyclic) bond motifs is 1. The van der Waals surface area contributed by atoms with Crippen molar-refractivity contribution < 1.29 is 14.4 Å². The highest BCUT2D eigenvalue weighted by Crippen LogP contribution is 2.31. The summed E-state index contributed by atoms with van der Waals surface area (Å²) in [5.41, 5.74) is 1.98. The Morgan fingerprint density at radius 1 is 1.03 bits per heavy atom. The smallest absolute Gasteiger partial charge is 0.273 e. The number of carbonyl (C=O) groups is 3. The van der Waals surface area contributed by atoms with E-state index < -0.39 is 17.9 Å². The van der Waals surface area contributed by atoms with E-state index in [0.717, 1.165) is 11.4 Å². The number of likely N-dealkylation sites (N-methyl/N-ethyl adjacent to an activating group) is 2. The minimum Gasteiger partial charge on any atom is -0.370 e. The van der Waals surface area contributed by atoms with Gasteiger partial charge in [0.05, 0.1) is 26.4 Å². The van der Waals surface area contributed by atoms with E-state index in [-0.39, 0.29) is 29.5 Å². The second-order valence-electron chi connectivity index (χ2n) is 7.86. The SMILES string of the molecule is CN1C[C@@H](NC(=O)c2nn(C)c(NC(=O)c3ccccc3Cl)c2Br)C(=O)N(C)c2ccccc21. The van der Waals surface area contributed by atoms with Gasteiger partial charge in [-0.1, -0.05) is 35.9 Å². The zero-order chi connectivity index (χ0) is 24.6. The van der Waals surface area contributed by atoms with Gasteiger partial charge in [0.2, 0.25) is 0 Å². The maximum Gasteiger partial charge on any atom is 0.273 e. The van der Waals surface area contributed by atoms with Crippen LogP contribution in [0.4, 0.5) is 17.2 Å². The topological polar surface area (TPSA) is 99.6 Å². The molecule has 1 aromatic heterocycles. The molecular formula is C23H22BrClN6O3. The molecule has 1 aliphatic rings. The lowest BCUT2D eigenvalue weighted by molar-refractivity contribution is -0.119. The molecule has 2 heterocycles. The zero-order valence-electron chi connectivity index (χ0n) is 18.7. The van der Waals surface area contributed by atoms with Crippen molar-refractivity contribution in [2.24, 2.45) is 7.05 Å². The molecule has 176 valence electrons. The van der Waals surface area contributed by atoms with Crippen LogP contribution in [-0.2, 0) is 11.8 Å². The third-order valence-corrected chi connectivity index (χ3v) is 6.68. The second-order valence-corrected chi connectivity index (χ2v) is 9.06. The van der Waals surface area contributed by atoms with Gasteiger partial charge in [0.1, 0.15) is 11.9 Å². The molecule has 34 heavy (non-hydrogen) atoms. The number of hydrogen-bond donors (Lipinski definition) is 2. The molecule has 0 saturated carbocycles. The molecule has 9 nitrogen and oxygen atoms in total. The van der Waals surface area contributed by atoms with Crippen LogP contribution < -0.4 is 20.4 Å². The third-order valence-electron chi connectivity index (χ3n) is 5.60. The van der Waals surface area contributed by atoms with Gasteiger partial charge < -0.3 is 20.4 Å². The number of halogens is 2. The van der Waals surface area contributed by atoms with Crippen molar-refractivity contribution in [3.63, 3.8) is 0 Å². The van der Waals surface area contributed by atoms with Gasteiger partial charge in [0, 0.05) is 27.7 Å². The number of aryl methyl sites for hydroxylation is 1. The Morgan fingerprint density at radius 2 is 1.68 bits per heavy atom. The first kappa shape index (κ1) is 23.8. The van der Waals surface area contributed by atoms with Crippen molar-refractivity contribution in [1.82, 2.24) is 15.1 Å². The van der Waals surface area contributed by atoms with E-state index in [1.807, 2.05) is 36.2 Å². The summed E-state index contributed by atoms with van der Waals surface area (Å²) in [4.78, 5) is 42.3. The average molecular weight is 546 g/mol. The van der Waals surface area contributed by atoms with Crippen molar-refractivity contribution in [2.75, 3.05) is 35.8 Å². The minimum atomic E-state index is -0.801. The van der Waals surface area contributed by atoms with Crippen LogP contribution in [0.1, 0.15) is 20.8 Å². The lowest BCUT2D eigenvalue weighted by atomic mass is 10.2. The Hall–Kier alpha value is -3.37. The Bertz CT molecular complexity index is 1290. The number of amides is 3. The monoisotopic (exact) mass is 544 g/mol. The van der Waals surface area contributed by atoms with Gasteiger partial charge in [-0.15, -0.1) is 0 Å². The molecule has 3 aromatic rings. The number of aromatic nitrogens is 2. The van der Waals surface area contributed by atoms with Crippen molar-refractivity contribution in [1.29, 1.82) is 0 Å². The van der Waals surface area contributed by atoms with Crippen LogP contribution >= 0.6 is 27.5 Å². The Kier molecular flexibility index (Phi) is 6.63. The molecule has 0 saturated heterocycles. The van der Waals surface area contributed by atoms with E-state index in [2.05, 4.69) is 31.7 Å². The quantitative estimate of drug-likeness (QED) is 0.524. The first-order chi connectivity index (χ1) is 16.2. The summed E-state index contributed by atoms with van der Waals surface area (Å²) in [5, 5.41) is 10.1. The molecule has 0 bridgehead atoms. The third kappa shape index (κ3) is 4.38. The van der Waals surface area contributed by atoms with Gasteiger partial charge in [-0.2, -0.15) is 5.10 Å². The molecule has 2 N–H and O–H groups in total. The van der Waals surface area contributed by atoms with Crippen LogP contribution in [-0.4, -0.2) is 54.2 Å². The summed E-state index contributed by atoms with van der Waals surface area (Å²) in [6.45, 7) is 0.284. The highest BCUT2D eigenvalue weighted by atomic mass is 79.9. The number of para-hydroxylation sites is 2. The molecule has 0 radical (unpaired) electrons. The number of carbonyl (C=O) groups excluding carboxylic acids is 3. The number of nitrogens with one attached hydrogen (secondary N) is 2. The maximum atomic E-state index is 13.1. The van der Waals surface area contributed by atoms with Crippen molar-refractivity contribution >= 4 is 62.4 Å². The number of benzene rings is 2. The summed E-state index contributed by atoms with van der Waals surface area (Å²) in [6.07, 6.45) is 0. The molecule has 3 amide bonds. The van der Waals surface area contributed by atoms with Crippen LogP contribution in [0, 0.1) is 0 Å². The van der Waals surface area contributed by atoms with Gasteiger partial charge in [-0.25, -0.2) is 0 Å². The van der Waals surface area contributed by atoms with E-state index >= 15 is 0 Å². The Morgan fingerprint density at radius 3 is 2.38 bits per heavy atom. The fourth-order valence-electron chi connectivity index (χ4n) is 3.81.